The highest BCUT2D eigenvalue weighted by Crippen LogP contribution is 2.23. The molecule has 28 heavy (non-hydrogen) atoms. The third kappa shape index (κ3) is 4.80. The van der Waals surface area contributed by atoms with E-state index in [0.29, 0.717) is 49.0 Å². The fraction of sp³-hybridized carbons (Fsp3) is 0.333. The quantitative estimate of drug-likeness (QED) is 0.836. The van der Waals surface area contributed by atoms with Gasteiger partial charge in [-0.1, -0.05) is 29.8 Å². The Labute approximate surface area is 169 Å². The first-order valence-electron chi connectivity index (χ1n) is 9.18. The van der Waals surface area contributed by atoms with E-state index in [1.807, 2.05) is 41.0 Å². The van der Waals surface area contributed by atoms with Crippen LogP contribution in [-0.4, -0.2) is 43.5 Å². The van der Waals surface area contributed by atoms with Crippen LogP contribution in [-0.2, 0) is 4.79 Å². The fourth-order valence-corrected chi connectivity index (χ4v) is 3.67. The predicted molar refractivity (Wildman–Crippen MR) is 108 cm³/mol. The van der Waals surface area contributed by atoms with Gasteiger partial charge < -0.3 is 10.2 Å². The molecule has 0 spiro atoms. The summed E-state index contributed by atoms with van der Waals surface area (Å²) in [7, 11) is 0. The lowest BCUT2D eigenvalue weighted by molar-refractivity contribution is -0.123. The van der Waals surface area contributed by atoms with Crippen molar-refractivity contribution in [1.29, 1.82) is 5.26 Å². The highest BCUT2D eigenvalue weighted by Gasteiger charge is 2.22. The zero-order valence-corrected chi connectivity index (χ0v) is 16.4. The van der Waals surface area contributed by atoms with Gasteiger partial charge in [-0.15, -0.1) is 0 Å². The zero-order chi connectivity index (χ0) is 20.1. The number of rotatable bonds is 5. The molecule has 5 nitrogen and oxygen atoms in total. The molecule has 1 aliphatic heterocycles. The number of nitrogens with zero attached hydrogens (tertiary/aromatic N) is 3. The van der Waals surface area contributed by atoms with Crippen LogP contribution < -0.4 is 10.2 Å². The Morgan fingerprint density at radius 2 is 1.96 bits per heavy atom. The lowest BCUT2D eigenvalue weighted by Gasteiger charge is -2.36. The third-order valence-electron chi connectivity index (χ3n) is 4.91. The average Bonchev–Trinajstić information content (AvgIpc) is 2.68. The molecule has 0 aromatic heterocycles. The van der Waals surface area contributed by atoms with E-state index in [0.717, 1.165) is 5.56 Å². The molecule has 1 amide bonds. The summed E-state index contributed by atoms with van der Waals surface area (Å²) in [4.78, 5) is 16.4. The van der Waals surface area contributed by atoms with Gasteiger partial charge in [-0.25, -0.2) is 4.39 Å². The first kappa shape index (κ1) is 20.1. The van der Waals surface area contributed by atoms with E-state index >= 15 is 0 Å². The standard InChI is InChI=1S/C21H22ClFN4O/c1-15(17-4-2-3-5-18(17)22)25-21(28)14-26-8-10-27(11-9-26)20-7-6-16(13-24)12-19(20)23/h2-7,12,15H,8-11,14H2,1H3,(H,25,28). The summed E-state index contributed by atoms with van der Waals surface area (Å²) in [5.41, 5.74) is 1.69. The SMILES string of the molecule is CC(NC(=O)CN1CCN(c2ccc(C#N)cc2F)CC1)c1ccccc1Cl. The molecule has 1 aliphatic rings. The van der Waals surface area contributed by atoms with Crippen molar-refractivity contribution in [3.05, 3.63) is 64.4 Å². The Morgan fingerprint density at radius 1 is 1.25 bits per heavy atom. The van der Waals surface area contributed by atoms with E-state index in [1.54, 1.807) is 18.2 Å². The van der Waals surface area contributed by atoms with Crippen molar-refractivity contribution < 1.29 is 9.18 Å². The molecule has 1 unspecified atom stereocenters. The molecule has 1 fully saturated rings. The minimum absolute atomic E-state index is 0.0644. The number of nitriles is 1. The van der Waals surface area contributed by atoms with Crippen molar-refractivity contribution in [3.63, 3.8) is 0 Å². The maximum Gasteiger partial charge on any atom is 0.234 e. The van der Waals surface area contributed by atoms with Crippen LogP contribution in [0.5, 0.6) is 0 Å². The summed E-state index contributed by atoms with van der Waals surface area (Å²) in [6, 6.07) is 13.7. The topological polar surface area (TPSA) is 59.4 Å². The van der Waals surface area contributed by atoms with Crippen molar-refractivity contribution in [1.82, 2.24) is 10.2 Å². The Bertz CT molecular complexity index is 890. The van der Waals surface area contributed by atoms with E-state index in [4.69, 9.17) is 16.9 Å². The lowest BCUT2D eigenvalue weighted by Crippen LogP contribution is -2.50. The second-order valence-electron chi connectivity index (χ2n) is 6.85. The van der Waals surface area contributed by atoms with Crippen LogP contribution in [0.2, 0.25) is 5.02 Å². The minimum Gasteiger partial charge on any atom is -0.367 e. The normalized spacial score (nSPS) is 15.7. The van der Waals surface area contributed by atoms with Gasteiger partial charge in [0, 0.05) is 31.2 Å². The average molecular weight is 401 g/mol. The second-order valence-corrected chi connectivity index (χ2v) is 7.26. The number of hydrogen-bond acceptors (Lipinski definition) is 4. The van der Waals surface area contributed by atoms with Crippen LogP contribution in [0.25, 0.3) is 0 Å². The molecule has 146 valence electrons. The van der Waals surface area contributed by atoms with Crippen LogP contribution in [0.3, 0.4) is 0 Å². The number of anilines is 1. The Morgan fingerprint density at radius 3 is 2.61 bits per heavy atom. The van der Waals surface area contributed by atoms with E-state index in [-0.39, 0.29) is 17.8 Å². The fourth-order valence-electron chi connectivity index (χ4n) is 3.37. The van der Waals surface area contributed by atoms with Crippen molar-refractivity contribution in [2.24, 2.45) is 0 Å². The Kier molecular flexibility index (Phi) is 6.50. The van der Waals surface area contributed by atoms with Crippen LogP contribution in [0.1, 0.15) is 24.1 Å². The Hall–Kier alpha value is -2.62. The van der Waals surface area contributed by atoms with Gasteiger partial charge in [0.15, 0.2) is 0 Å². The summed E-state index contributed by atoms with van der Waals surface area (Å²) in [6.45, 7) is 4.76. The largest absolute Gasteiger partial charge is 0.367 e. The van der Waals surface area contributed by atoms with E-state index in [2.05, 4.69) is 5.32 Å². The summed E-state index contributed by atoms with van der Waals surface area (Å²) >= 11 is 6.18. The Balaban J connectivity index is 1.51. The molecular weight excluding hydrogens is 379 g/mol. The second kappa shape index (κ2) is 9.05. The van der Waals surface area contributed by atoms with Crippen molar-refractivity contribution in [2.45, 2.75) is 13.0 Å². The summed E-state index contributed by atoms with van der Waals surface area (Å²) in [5, 5.41) is 12.5. The van der Waals surface area contributed by atoms with E-state index < -0.39 is 0 Å². The number of amides is 1. The number of carbonyl (C=O) groups excluding carboxylic acids is 1. The smallest absolute Gasteiger partial charge is 0.234 e. The van der Waals surface area contributed by atoms with Gasteiger partial charge in [0.05, 0.1) is 29.9 Å². The highest BCUT2D eigenvalue weighted by atomic mass is 35.5. The van der Waals surface area contributed by atoms with Gasteiger partial charge in [0.25, 0.3) is 0 Å². The maximum absolute atomic E-state index is 14.2. The maximum atomic E-state index is 14.2. The minimum atomic E-state index is -0.390. The van der Waals surface area contributed by atoms with Gasteiger partial charge >= 0.3 is 0 Å². The number of benzene rings is 2. The monoisotopic (exact) mass is 400 g/mol. The predicted octanol–water partition coefficient (Wildman–Crippen LogP) is 3.35. The van der Waals surface area contributed by atoms with Crippen molar-refractivity contribution in [3.8, 4) is 6.07 Å². The zero-order valence-electron chi connectivity index (χ0n) is 15.7. The van der Waals surface area contributed by atoms with Crippen molar-refractivity contribution >= 4 is 23.2 Å². The van der Waals surface area contributed by atoms with Crippen molar-refractivity contribution in [2.75, 3.05) is 37.6 Å². The molecule has 0 aliphatic carbocycles. The highest BCUT2D eigenvalue weighted by molar-refractivity contribution is 6.31. The van der Waals surface area contributed by atoms with Crippen LogP contribution in [0.15, 0.2) is 42.5 Å². The van der Waals surface area contributed by atoms with E-state index in [1.165, 1.54) is 6.07 Å². The molecule has 2 aromatic rings. The molecule has 1 N–H and O–H groups in total. The summed E-state index contributed by atoms with van der Waals surface area (Å²) in [6.07, 6.45) is 0. The molecular formula is C21H22ClFN4O. The number of halogens is 2. The first-order valence-corrected chi connectivity index (χ1v) is 9.56. The van der Waals surface area contributed by atoms with Gasteiger partial charge in [-0.2, -0.15) is 5.26 Å². The molecule has 0 bridgehead atoms. The molecule has 1 saturated heterocycles. The molecule has 0 saturated carbocycles. The van der Waals surface area contributed by atoms with E-state index in [9.17, 15) is 9.18 Å². The first-order chi connectivity index (χ1) is 13.5. The van der Waals surface area contributed by atoms with Gasteiger partial charge in [-0.05, 0) is 36.8 Å². The number of hydrogen-bond donors (Lipinski definition) is 1. The third-order valence-corrected chi connectivity index (χ3v) is 5.25. The molecule has 7 heteroatoms. The van der Waals surface area contributed by atoms with Gasteiger partial charge in [0.1, 0.15) is 5.82 Å². The van der Waals surface area contributed by atoms with Crippen LogP contribution in [0.4, 0.5) is 10.1 Å². The molecule has 1 atom stereocenters. The van der Waals surface area contributed by atoms with Gasteiger partial charge in [0.2, 0.25) is 5.91 Å². The van der Waals surface area contributed by atoms with Crippen LogP contribution >= 0.6 is 11.6 Å². The summed E-state index contributed by atoms with van der Waals surface area (Å²) in [5.74, 6) is -0.454. The molecule has 3 rings (SSSR count). The van der Waals surface area contributed by atoms with Gasteiger partial charge in [-0.3, -0.25) is 9.69 Å². The summed E-state index contributed by atoms with van der Waals surface area (Å²) < 4.78 is 14.2. The number of carbonyl (C=O) groups is 1. The lowest BCUT2D eigenvalue weighted by atomic mass is 10.1. The molecule has 0 radical (unpaired) electrons. The molecule has 2 aromatic carbocycles. The van der Waals surface area contributed by atoms with Crippen LogP contribution in [0, 0.1) is 17.1 Å². The number of nitrogens with one attached hydrogen (secondary N) is 1. The molecule has 1 heterocycles. The number of piperazine rings is 1.